The maximum Gasteiger partial charge on any atom is 0.295 e. The van der Waals surface area contributed by atoms with E-state index in [1.807, 2.05) is 56.3 Å². The van der Waals surface area contributed by atoms with Gasteiger partial charge in [0, 0.05) is 12.1 Å². The van der Waals surface area contributed by atoms with Crippen molar-refractivity contribution in [1.29, 1.82) is 0 Å². The number of Topliss-reactive ketones (excluding diaryl/α,β-unsaturated/α-hetero) is 1. The number of likely N-dealkylation sites (tertiary alicyclic amines) is 1. The molecule has 2 aromatic rings. The van der Waals surface area contributed by atoms with Gasteiger partial charge in [-0.1, -0.05) is 49.4 Å². The Bertz CT molecular complexity index is 953. The quantitative estimate of drug-likeness (QED) is 0.378. The molecule has 6 heteroatoms. The zero-order valence-electron chi connectivity index (χ0n) is 18.4. The van der Waals surface area contributed by atoms with Gasteiger partial charge in [-0.25, -0.2) is 0 Å². The van der Waals surface area contributed by atoms with Gasteiger partial charge in [0.2, 0.25) is 0 Å². The molecule has 0 spiro atoms. The molecule has 1 atom stereocenters. The summed E-state index contributed by atoms with van der Waals surface area (Å²) in [5.74, 6) is -0.796. The molecule has 1 N–H and O–H groups in total. The van der Waals surface area contributed by atoms with Crippen LogP contribution in [0, 0.1) is 0 Å². The van der Waals surface area contributed by atoms with E-state index >= 15 is 0 Å². The fourth-order valence-corrected chi connectivity index (χ4v) is 3.76. The van der Waals surface area contributed by atoms with Gasteiger partial charge in [-0.05, 0) is 51.2 Å². The van der Waals surface area contributed by atoms with E-state index in [1.165, 1.54) is 0 Å². The Hall–Kier alpha value is -3.12. The average Bonchev–Trinajstić information content (AvgIpc) is 3.02. The van der Waals surface area contributed by atoms with Crippen molar-refractivity contribution < 1.29 is 19.4 Å². The van der Waals surface area contributed by atoms with Crippen LogP contribution in [0.5, 0.6) is 5.75 Å². The van der Waals surface area contributed by atoms with Crippen molar-refractivity contribution in [2.24, 2.45) is 0 Å². The van der Waals surface area contributed by atoms with Crippen molar-refractivity contribution in [3.05, 3.63) is 71.3 Å². The number of benzene rings is 2. The van der Waals surface area contributed by atoms with Gasteiger partial charge in [-0.15, -0.1) is 0 Å². The Morgan fingerprint density at radius 2 is 1.84 bits per heavy atom. The molecule has 1 saturated heterocycles. The monoisotopic (exact) mass is 422 g/mol. The predicted octanol–water partition coefficient (Wildman–Crippen LogP) is 3.85. The minimum atomic E-state index is -0.656. The summed E-state index contributed by atoms with van der Waals surface area (Å²) in [5.41, 5.74) is 1.38. The second-order valence-corrected chi connectivity index (χ2v) is 7.94. The molecule has 2 aromatic carbocycles. The summed E-state index contributed by atoms with van der Waals surface area (Å²) in [7, 11) is 3.94. The molecule has 3 rings (SSSR count). The van der Waals surface area contributed by atoms with E-state index < -0.39 is 17.7 Å². The van der Waals surface area contributed by atoms with Gasteiger partial charge < -0.3 is 19.6 Å². The number of rotatable bonds is 9. The van der Waals surface area contributed by atoms with Crippen molar-refractivity contribution >= 4 is 17.4 Å². The van der Waals surface area contributed by atoms with Gasteiger partial charge >= 0.3 is 0 Å². The van der Waals surface area contributed by atoms with Crippen molar-refractivity contribution in [3.8, 4) is 5.75 Å². The van der Waals surface area contributed by atoms with Gasteiger partial charge in [0.1, 0.15) is 11.5 Å². The molecule has 1 fully saturated rings. The molecular formula is C25H30N2O4. The molecule has 1 heterocycles. The van der Waals surface area contributed by atoms with Gasteiger partial charge in [0.25, 0.3) is 11.7 Å². The molecular weight excluding hydrogens is 392 g/mol. The molecule has 1 unspecified atom stereocenters. The molecule has 31 heavy (non-hydrogen) atoms. The third-order valence-corrected chi connectivity index (χ3v) is 5.24. The van der Waals surface area contributed by atoms with Gasteiger partial charge in [-0.2, -0.15) is 0 Å². The zero-order chi connectivity index (χ0) is 22.4. The molecule has 0 saturated carbocycles. The minimum absolute atomic E-state index is 0.119. The van der Waals surface area contributed by atoms with E-state index in [0.717, 1.165) is 24.9 Å². The van der Waals surface area contributed by atoms with Gasteiger partial charge in [0.05, 0.1) is 18.2 Å². The molecule has 1 amide bonds. The Balaban J connectivity index is 2.03. The molecule has 1 aliphatic rings. The van der Waals surface area contributed by atoms with Crippen LogP contribution in [0.2, 0.25) is 0 Å². The summed E-state index contributed by atoms with van der Waals surface area (Å²) in [6, 6.07) is 15.8. The second-order valence-electron chi connectivity index (χ2n) is 7.94. The molecule has 0 aliphatic carbocycles. The van der Waals surface area contributed by atoms with E-state index in [2.05, 4.69) is 0 Å². The van der Waals surface area contributed by atoms with Crippen LogP contribution in [0.25, 0.3) is 5.76 Å². The first kappa shape index (κ1) is 22.6. The van der Waals surface area contributed by atoms with Crippen LogP contribution < -0.4 is 4.74 Å². The summed E-state index contributed by atoms with van der Waals surface area (Å²) in [4.78, 5) is 29.5. The zero-order valence-corrected chi connectivity index (χ0v) is 18.4. The van der Waals surface area contributed by atoms with Gasteiger partial charge in [0.15, 0.2) is 0 Å². The summed E-state index contributed by atoms with van der Waals surface area (Å²) in [6.45, 7) is 3.80. The molecule has 1 aliphatic heterocycles. The fraction of sp³-hybridized carbons (Fsp3) is 0.360. The molecule has 164 valence electrons. The predicted molar refractivity (Wildman–Crippen MR) is 121 cm³/mol. The van der Waals surface area contributed by atoms with E-state index in [0.29, 0.717) is 24.5 Å². The number of ether oxygens (including phenoxy) is 1. The van der Waals surface area contributed by atoms with Crippen molar-refractivity contribution in [2.45, 2.75) is 25.8 Å². The first-order valence-corrected chi connectivity index (χ1v) is 10.6. The highest BCUT2D eigenvalue weighted by Crippen LogP contribution is 2.39. The number of hydrogen-bond donors (Lipinski definition) is 1. The highest BCUT2D eigenvalue weighted by atomic mass is 16.5. The Kier molecular flexibility index (Phi) is 7.47. The minimum Gasteiger partial charge on any atom is -0.507 e. The standard InChI is InChI=1S/C25H30N2O4/c1-4-16-31-20-13-8-12-19(17-20)23(28)21-22(18-10-6-5-7-11-18)27(25(30)24(21)29)15-9-14-26(2)3/h5-8,10-13,17,22,28H,4,9,14-16H2,1-3H3. The molecule has 0 bridgehead atoms. The number of carbonyl (C=O) groups excluding carboxylic acids is 2. The Labute approximate surface area is 183 Å². The van der Waals surface area contributed by atoms with E-state index in [-0.39, 0.29) is 11.3 Å². The molecule has 0 radical (unpaired) electrons. The SMILES string of the molecule is CCCOc1cccc(C(O)=C2C(=O)C(=O)N(CCCN(C)C)C2c2ccccc2)c1. The second kappa shape index (κ2) is 10.3. The lowest BCUT2D eigenvalue weighted by Gasteiger charge is -2.26. The van der Waals surface area contributed by atoms with Crippen molar-refractivity contribution in [1.82, 2.24) is 9.80 Å². The highest BCUT2D eigenvalue weighted by Gasteiger charge is 2.45. The van der Waals surface area contributed by atoms with Crippen LogP contribution in [-0.4, -0.2) is 60.4 Å². The molecule has 6 nitrogen and oxygen atoms in total. The van der Waals surface area contributed by atoms with Crippen LogP contribution in [0.4, 0.5) is 0 Å². The third kappa shape index (κ3) is 5.14. The topological polar surface area (TPSA) is 70.1 Å². The summed E-state index contributed by atoms with van der Waals surface area (Å²) in [5, 5.41) is 11.1. The number of aliphatic hydroxyl groups is 1. The summed E-state index contributed by atoms with van der Waals surface area (Å²) < 4.78 is 5.66. The lowest BCUT2D eigenvalue weighted by Crippen LogP contribution is -2.32. The smallest absolute Gasteiger partial charge is 0.295 e. The summed E-state index contributed by atoms with van der Waals surface area (Å²) in [6.07, 6.45) is 1.59. The lowest BCUT2D eigenvalue weighted by atomic mass is 9.95. The van der Waals surface area contributed by atoms with Crippen molar-refractivity contribution in [2.75, 3.05) is 33.8 Å². The van der Waals surface area contributed by atoms with Crippen molar-refractivity contribution in [3.63, 3.8) is 0 Å². The fourth-order valence-electron chi connectivity index (χ4n) is 3.76. The average molecular weight is 423 g/mol. The highest BCUT2D eigenvalue weighted by molar-refractivity contribution is 6.46. The van der Waals surface area contributed by atoms with Crippen LogP contribution in [-0.2, 0) is 9.59 Å². The van der Waals surface area contributed by atoms with Crippen LogP contribution in [0.3, 0.4) is 0 Å². The number of carbonyl (C=O) groups is 2. The first-order valence-electron chi connectivity index (χ1n) is 10.6. The van der Waals surface area contributed by atoms with E-state index in [1.54, 1.807) is 29.2 Å². The number of hydrogen-bond acceptors (Lipinski definition) is 5. The lowest BCUT2D eigenvalue weighted by molar-refractivity contribution is -0.139. The number of nitrogens with zero attached hydrogens (tertiary/aromatic N) is 2. The maximum absolute atomic E-state index is 13.0. The number of ketones is 1. The van der Waals surface area contributed by atoms with Gasteiger partial charge in [-0.3, -0.25) is 9.59 Å². The van der Waals surface area contributed by atoms with Crippen LogP contribution >= 0.6 is 0 Å². The first-order chi connectivity index (χ1) is 14.9. The largest absolute Gasteiger partial charge is 0.507 e. The normalized spacial score (nSPS) is 18.1. The van der Waals surface area contributed by atoms with Crippen LogP contribution in [0.1, 0.15) is 36.9 Å². The summed E-state index contributed by atoms with van der Waals surface area (Å²) >= 11 is 0. The van der Waals surface area contributed by atoms with E-state index in [4.69, 9.17) is 4.74 Å². The Morgan fingerprint density at radius 1 is 1.10 bits per heavy atom. The maximum atomic E-state index is 13.0. The Morgan fingerprint density at radius 3 is 2.52 bits per heavy atom. The third-order valence-electron chi connectivity index (χ3n) is 5.24. The number of amides is 1. The molecule has 0 aromatic heterocycles. The van der Waals surface area contributed by atoms with Crippen LogP contribution in [0.15, 0.2) is 60.2 Å². The number of aliphatic hydroxyl groups excluding tert-OH is 1. The van der Waals surface area contributed by atoms with E-state index in [9.17, 15) is 14.7 Å².